The van der Waals surface area contributed by atoms with Crippen LogP contribution in [0.15, 0.2) is 64.8 Å². The van der Waals surface area contributed by atoms with Crippen molar-refractivity contribution in [2.24, 2.45) is 21.7 Å². The van der Waals surface area contributed by atoms with Crippen LogP contribution in [-0.4, -0.2) is 18.8 Å². The summed E-state index contributed by atoms with van der Waals surface area (Å²) in [5, 5.41) is 7.29. The van der Waals surface area contributed by atoms with E-state index in [0.29, 0.717) is 6.61 Å². The Morgan fingerprint density at radius 2 is 1.73 bits per heavy atom. The van der Waals surface area contributed by atoms with E-state index in [-0.39, 0.29) is 5.96 Å². The SMILES string of the molecule is NC(N)=N/N=C\c1ccc(OCCCc2ccccc2)cc1. The zero-order chi connectivity index (χ0) is 15.6. The smallest absolute Gasteiger partial charge is 0.211 e. The number of hydrogen-bond donors (Lipinski definition) is 2. The van der Waals surface area contributed by atoms with Gasteiger partial charge in [-0.25, -0.2) is 0 Å². The van der Waals surface area contributed by atoms with Crippen LogP contribution < -0.4 is 16.2 Å². The van der Waals surface area contributed by atoms with E-state index in [2.05, 4.69) is 34.5 Å². The van der Waals surface area contributed by atoms with Gasteiger partial charge in [-0.2, -0.15) is 5.10 Å². The quantitative estimate of drug-likeness (QED) is 0.356. The minimum absolute atomic E-state index is 0.0605. The lowest BCUT2D eigenvalue weighted by atomic mass is 10.1. The van der Waals surface area contributed by atoms with Gasteiger partial charge >= 0.3 is 0 Å². The Kier molecular flexibility index (Phi) is 5.99. The topological polar surface area (TPSA) is 86.0 Å². The maximum Gasteiger partial charge on any atom is 0.211 e. The average molecular weight is 296 g/mol. The van der Waals surface area contributed by atoms with Crippen LogP contribution in [0.4, 0.5) is 0 Å². The molecule has 0 spiro atoms. The van der Waals surface area contributed by atoms with Crippen molar-refractivity contribution >= 4 is 12.2 Å². The molecule has 0 unspecified atom stereocenters. The van der Waals surface area contributed by atoms with Crippen molar-refractivity contribution in [1.82, 2.24) is 0 Å². The highest BCUT2D eigenvalue weighted by atomic mass is 16.5. The van der Waals surface area contributed by atoms with Crippen LogP contribution in [0.2, 0.25) is 0 Å². The van der Waals surface area contributed by atoms with Crippen LogP contribution in [0.5, 0.6) is 5.75 Å². The van der Waals surface area contributed by atoms with E-state index < -0.39 is 0 Å². The van der Waals surface area contributed by atoms with Crippen molar-refractivity contribution < 1.29 is 4.74 Å². The molecule has 2 rings (SSSR count). The maximum absolute atomic E-state index is 5.71. The van der Waals surface area contributed by atoms with Crippen LogP contribution >= 0.6 is 0 Å². The van der Waals surface area contributed by atoms with Crippen molar-refractivity contribution in [2.75, 3.05) is 6.61 Å². The standard InChI is InChI=1S/C17H20N4O/c18-17(19)21-20-13-15-8-10-16(11-9-15)22-12-4-7-14-5-2-1-3-6-14/h1-3,5-6,8-11,13H,4,7,12H2,(H4,18,19,21)/b20-13-. The fourth-order valence-corrected chi connectivity index (χ4v) is 1.92. The number of nitrogens with two attached hydrogens (primary N) is 2. The summed E-state index contributed by atoms with van der Waals surface area (Å²) in [5.74, 6) is 0.779. The largest absolute Gasteiger partial charge is 0.494 e. The highest BCUT2D eigenvalue weighted by Crippen LogP contribution is 2.12. The third-order valence-corrected chi connectivity index (χ3v) is 2.98. The van der Waals surface area contributed by atoms with E-state index in [1.54, 1.807) is 6.21 Å². The number of aryl methyl sites for hydroxylation is 1. The fourth-order valence-electron chi connectivity index (χ4n) is 1.92. The predicted molar refractivity (Wildman–Crippen MR) is 90.1 cm³/mol. The van der Waals surface area contributed by atoms with Crippen LogP contribution in [0.25, 0.3) is 0 Å². The van der Waals surface area contributed by atoms with E-state index >= 15 is 0 Å². The van der Waals surface area contributed by atoms with Gasteiger partial charge < -0.3 is 16.2 Å². The van der Waals surface area contributed by atoms with Crippen molar-refractivity contribution in [3.8, 4) is 5.75 Å². The Morgan fingerprint density at radius 1 is 1.00 bits per heavy atom. The summed E-state index contributed by atoms with van der Waals surface area (Å²) in [4.78, 5) is 0. The van der Waals surface area contributed by atoms with E-state index in [1.165, 1.54) is 5.56 Å². The molecule has 0 amide bonds. The van der Waals surface area contributed by atoms with Gasteiger partial charge in [0.15, 0.2) is 0 Å². The van der Waals surface area contributed by atoms with Gasteiger partial charge in [-0.05, 0) is 48.2 Å². The van der Waals surface area contributed by atoms with Gasteiger partial charge in [-0.3, -0.25) is 0 Å². The van der Waals surface area contributed by atoms with E-state index in [9.17, 15) is 0 Å². The van der Waals surface area contributed by atoms with Gasteiger partial charge in [0.1, 0.15) is 5.75 Å². The molecule has 0 heterocycles. The van der Waals surface area contributed by atoms with E-state index in [4.69, 9.17) is 16.2 Å². The summed E-state index contributed by atoms with van der Waals surface area (Å²) in [6, 6.07) is 18.0. The highest BCUT2D eigenvalue weighted by Gasteiger charge is 1.96. The average Bonchev–Trinajstić information content (AvgIpc) is 2.54. The number of benzene rings is 2. The molecule has 5 nitrogen and oxygen atoms in total. The Balaban J connectivity index is 1.74. The van der Waals surface area contributed by atoms with Crippen molar-refractivity contribution in [3.05, 3.63) is 65.7 Å². The van der Waals surface area contributed by atoms with E-state index in [0.717, 1.165) is 24.2 Å². The summed E-state index contributed by atoms with van der Waals surface area (Å²) < 4.78 is 5.71. The normalized spacial score (nSPS) is 10.5. The monoisotopic (exact) mass is 296 g/mol. The first-order valence-electron chi connectivity index (χ1n) is 7.13. The minimum atomic E-state index is -0.0605. The molecule has 0 fully saturated rings. The molecule has 4 N–H and O–H groups in total. The molecule has 2 aromatic rings. The molecule has 0 aliphatic rings. The third-order valence-electron chi connectivity index (χ3n) is 2.98. The molecule has 2 aromatic carbocycles. The van der Waals surface area contributed by atoms with Gasteiger partial charge in [0.25, 0.3) is 0 Å². The van der Waals surface area contributed by atoms with Crippen molar-refractivity contribution in [1.29, 1.82) is 0 Å². The number of nitrogens with zero attached hydrogens (tertiary/aromatic N) is 2. The van der Waals surface area contributed by atoms with Crippen molar-refractivity contribution in [3.63, 3.8) is 0 Å². The Bertz CT molecular complexity index is 617. The second-order valence-electron chi connectivity index (χ2n) is 4.78. The molecule has 0 aliphatic heterocycles. The molecular formula is C17H20N4O. The molecule has 5 heteroatoms. The van der Waals surface area contributed by atoms with E-state index in [1.807, 2.05) is 30.3 Å². The molecule has 22 heavy (non-hydrogen) atoms. The molecule has 0 saturated carbocycles. The predicted octanol–water partition coefficient (Wildman–Crippen LogP) is 2.31. The molecule has 0 bridgehead atoms. The number of ether oxygens (including phenoxy) is 1. The second kappa shape index (κ2) is 8.46. The first-order valence-corrected chi connectivity index (χ1v) is 7.13. The van der Waals surface area contributed by atoms with Crippen LogP contribution in [0.3, 0.4) is 0 Å². The molecule has 0 aliphatic carbocycles. The number of rotatable bonds is 7. The lowest BCUT2D eigenvalue weighted by Crippen LogP contribution is -2.21. The molecule has 0 saturated heterocycles. The summed E-state index contributed by atoms with van der Waals surface area (Å²) in [6.45, 7) is 0.691. The summed E-state index contributed by atoms with van der Waals surface area (Å²) in [7, 11) is 0. The third kappa shape index (κ3) is 5.66. The van der Waals surface area contributed by atoms with Gasteiger partial charge in [0.05, 0.1) is 12.8 Å². The molecular weight excluding hydrogens is 276 g/mol. The Hall–Kier alpha value is -2.82. The van der Waals surface area contributed by atoms with Crippen molar-refractivity contribution in [2.45, 2.75) is 12.8 Å². The molecule has 114 valence electrons. The minimum Gasteiger partial charge on any atom is -0.494 e. The van der Waals surface area contributed by atoms with Crippen LogP contribution in [0.1, 0.15) is 17.5 Å². The fraction of sp³-hybridized carbons (Fsp3) is 0.176. The van der Waals surface area contributed by atoms with Gasteiger partial charge in [0.2, 0.25) is 5.96 Å². The summed E-state index contributed by atoms with van der Waals surface area (Å²) in [6.07, 6.45) is 3.58. The highest BCUT2D eigenvalue weighted by molar-refractivity contribution is 5.81. The number of hydrogen-bond acceptors (Lipinski definition) is 3. The molecule has 0 radical (unpaired) electrons. The molecule has 0 aromatic heterocycles. The second-order valence-corrected chi connectivity index (χ2v) is 4.78. The Morgan fingerprint density at radius 3 is 2.41 bits per heavy atom. The summed E-state index contributed by atoms with van der Waals surface area (Å²) in [5.41, 5.74) is 12.6. The lowest BCUT2D eigenvalue weighted by Gasteiger charge is -2.06. The lowest BCUT2D eigenvalue weighted by molar-refractivity contribution is 0.311. The maximum atomic E-state index is 5.71. The zero-order valence-electron chi connectivity index (χ0n) is 12.4. The van der Waals surface area contributed by atoms with Gasteiger partial charge in [0, 0.05) is 0 Å². The summed E-state index contributed by atoms with van der Waals surface area (Å²) >= 11 is 0. The number of guanidine groups is 1. The van der Waals surface area contributed by atoms with Crippen LogP contribution in [0, 0.1) is 0 Å². The first-order chi connectivity index (χ1) is 10.7. The van der Waals surface area contributed by atoms with Gasteiger partial charge in [-0.15, -0.1) is 5.10 Å². The Labute approximate surface area is 130 Å². The molecule has 0 atom stereocenters. The zero-order valence-corrected chi connectivity index (χ0v) is 12.4. The van der Waals surface area contributed by atoms with Gasteiger partial charge in [-0.1, -0.05) is 30.3 Å². The van der Waals surface area contributed by atoms with Crippen LogP contribution in [-0.2, 0) is 6.42 Å². The first kappa shape index (κ1) is 15.6.